The fourth-order valence-electron chi connectivity index (χ4n) is 1.87. The second-order valence-electron chi connectivity index (χ2n) is 4.03. The van der Waals surface area contributed by atoms with Gasteiger partial charge in [-0.05, 0) is 30.3 Å². The first-order chi connectivity index (χ1) is 8.31. The van der Waals surface area contributed by atoms with Gasteiger partial charge in [-0.3, -0.25) is 4.79 Å². The molecule has 1 amide bonds. The van der Waals surface area contributed by atoms with Crippen LogP contribution in [0.5, 0.6) is 5.75 Å². The molecule has 0 aromatic heterocycles. The molecule has 17 heavy (non-hydrogen) atoms. The summed E-state index contributed by atoms with van der Waals surface area (Å²) in [5.41, 5.74) is 1.84. The highest BCUT2D eigenvalue weighted by Crippen LogP contribution is 2.25. The molecule has 4 nitrogen and oxygen atoms in total. The molecule has 0 atom stereocenters. The molecule has 0 unspecified atom stereocenters. The smallest absolute Gasteiger partial charge is 0.251 e. The fourth-order valence-corrected chi connectivity index (χ4v) is 1.87. The zero-order chi connectivity index (χ0) is 12.1. The molecule has 1 aromatic rings. The van der Waals surface area contributed by atoms with Crippen molar-refractivity contribution in [2.45, 2.75) is 13.3 Å². The molecule has 1 heterocycles. The van der Waals surface area contributed by atoms with Crippen molar-refractivity contribution >= 4 is 5.91 Å². The molecule has 0 radical (unpaired) electrons. The van der Waals surface area contributed by atoms with Crippen LogP contribution in [0.25, 0.3) is 0 Å². The predicted molar refractivity (Wildman–Crippen MR) is 66.5 cm³/mol. The van der Waals surface area contributed by atoms with E-state index in [1.165, 1.54) is 0 Å². The van der Waals surface area contributed by atoms with E-state index in [1.54, 1.807) is 0 Å². The minimum atomic E-state index is -0.0161. The first-order valence-corrected chi connectivity index (χ1v) is 6.06. The number of carbonyl (C=O) groups is 1. The molecular weight excluding hydrogens is 216 g/mol. The van der Waals surface area contributed by atoms with Crippen molar-refractivity contribution in [3.05, 3.63) is 29.3 Å². The molecule has 4 heteroatoms. The molecule has 1 aliphatic heterocycles. The lowest BCUT2D eigenvalue weighted by molar-refractivity contribution is 0.0954. The van der Waals surface area contributed by atoms with Crippen LogP contribution in [0.3, 0.4) is 0 Å². The Morgan fingerprint density at radius 2 is 2.29 bits per heavy atom. The van der Waals surface area contributed by atoms with Crippen LogP contribution in [0.1, 0.15) is 22.8 Å². The summed E-state index contributed by atoms with van der Waals surface area (Å²) in [4.78, 5) is 11.8. The maximum absolute atomic E-state index is 11.8. The quantitative estimate of drug-likeness (QED) is 0.746. The number of hydrogen-bond donors (Lipinski definition) is 2. The number of fused-ring (bicyclic) bond motifs is 1. The van der Waals surface area contributed by atoms with E-state index >= 15 is 0 Å². The van der Waals surface area contributed by atoms with E-state index in [9.17, 15) is 4.79 Å². The number of likely N-dealkylation sites (N-methyl/N-ethyl adjacent to an activating group) is 1. The average molecular weight is 234 g/mol. The van der Waals surface area contributed by atoms with Gasteiger partial charge in [0, 0.05) is 25.1 Å². The summed E-state index contributed by atoms with van der Waals surface area (Å²) in [5.74, 6) is 0.895. The molecule has 0 spiro atoms. The first kappa shape index (κ1) is 11.9. The van der Waals surface area contributed by atoms with E-state index in [0.29, 0.717) is 12.1 Å². The standard InChI is InChI=1S/C13H18N2O2/c1-2-14-6-7-15-13(16)11-3-4-12-10(9-11)5-8-17-12/h3-4,9,14H,2,5-8H2,1H3,(H,15,16). The SMILES string of the molecule is CCNCCNC(=O)c1ccc2c(c1)CCO2. The van der Waals surface area contributed by atoms with Crippen molar-refractivity contribution in [1.29, 1.82) is 0 Å². The third-order valence-electron chi connectivity index (χ3n) is 2.79. The summed E-state index contributed by atoms with van der Waals surface area (Å²) in [6, 6.07) is 5.61. The largest absolute Gasteiger partial charge is 0.493 e. The van der Waals surface area contributed by atoms with Crippen LogP contribution < -0.4 is 15.4 Å². The third-order valence-corrected chi connectivity index (χ3v) is 2.79. The van der Waals surface area contributed by atoms with E-state index in [4.69, 9.17) is 4.74 Å². The molecule has 2 N–H and O–H groups in total. The topological polar surface area (TPSA) is 50.4 Å². The number of amides is 1. The second-order valence-corrected chi connectivity index (χ2v) is 4.03. The molecule has 92 valence electrons. The molecule has 1 aliphatic rings. The van der Waals surface area contributed by atoms with Gasteiger partial charge in [0.1, 0.15) is 5.75 Å². The van der Waals surface area contributed by atoms with Crippen LogP contribution >= 0.6 is 0 Å². The van der Waals surface area contributed by atoms with Crippen LogP contribution in [-0.4, -0.2) is 32.1 Å². The average Bonchev–Trinajstić information content (AvgIpc) is 2.81. The van der Waals surface area contributed by atoms with Crippen molar-refractivity contribution in [1.82, 2.24) is 10.6 Å². The van der Waals surface area contributed by atoms with Gasteiger partial charge in [-0.25, -0.2) is 0 Å². The Morgan fingerprint density at radius 3 is 3.12 bits per heavy atom. The lowest BCUT2D eigenvalue weighted by Crippen LogP contribution is -2.31. The van der Waals surface area contributed by atoms with Gasteiger partial charge in [-0.1, -0.05) is 6.92 Å². The maximum atomic E-state index is 11.8. The molecule has 0 saturated carbocycles. The Morgan fingerprint density at radius 1 is 1.41 bits per heavy atom. The first-order valence-electron chi connectivity index (χ1n) is 6.06. The summed E-state index contributed by atoms with van der Waals surface area (Å²) in [5, 5.41) is 6.04. The Bertz CT molecular complexity index is 404. The van der Waals surface area contributed by atoms with Crippen LogP contribution in [0.4, 0.5) is 0 Å². The zero-order valence-corrected chi connectivity index (χ0v) is 10.1. The second kappa shape index (κ2) is 5.68. The summed E-state index contributed by atoms with van der Waals surface area (Å²) in [6.07, 6.45) is 0.897. The zero-order valence-electron chi connectivity index (χ0n) is 10.1. The Balaban J connectivity index is 1.91. The van der Waals surface area contributed by atoms with E-state index in [1.807, 2.05) is 25.1 Å². The van der Waals surface area contributed by atoms with Crippen molar-refractivity contribution < 1.29 is 9.53 Å². The number of carbonyl (C=O) groups excluding carboxylic acids is 1. The van der Waals surface area contributed by atoms with Gasteiger partial charge < -0.3 is 15.4 Å². The molecule has 1 aromatic carbocycles. The van der Waals surface area contributed by atoms with Crippen LogP contribution in [0, 0.1) is 0 Å². The Kier molecular flexibility index (Phi) is 3.98. The van der Waals surface area contributed by atoms with Gasteiger partial charge in [0.25, 0.3) is 5.91 Å². The lowest BCUT2D eigenvalue weighted by atomic mass is 10.1. The Labute approximate surface area is 101 Å². The van der Waals surface area contributed by atoms with Crippen LogP contribution in [0.2, 0.25) is 0 Å². The highest BCUT2D eigenvalue weighted by Gasteiger charge is 2.14. The lowest BCUT2D eigenvalue weighted by Gasteiger charge is -2.06. The Hall–Kier alpha value is -1.55. The number of ether oxygens (including phenoxy) is 1. The molecular formula is C13H18N2O2. The van der Waals surface area contributed by atoms with Gasteiger partial charge in [0.2, 0.25) is 0 Å². The predicted octanol–water partition coefficient (Wildman–Crippen LogP) is 0.961. The van der Waals surface area contributed by atoms with Gasteiger partial charge in [0.05, 0.1) is 6.61 Å². The van der Waals surface area contributed by atoms with Crippen LogP contribution in [-0.2, 0) is 6.42 Å². The highest BCUT2D eigenvalue weighted by molar-refractivity contribution is 5.94. The van der Waals surface area contributed by atoms with Crippen molar-refractivity contribution in [3.8, 4) is 5.75 Å². The third kappa shape index (κ3) is 2.97. The summed E-state index contributed by atoms with van der Waals surface area (Å²) >= 11 is 0. The monoisotopic (exact) mass is 234 g/mol. The summed E-state index contributed by atoms with van der Waals surface area (Å²) in [6.45, 7) is 5.14. The van der Waals surface area contributed by atoms with Gasteiger partial charge in [-0.15, -0.1) is 0 Å². The molecule has 0 saturated heterocycles. The summed E-state index contributed by atoms with van der Waals surface area (Å²) in [7, 11) is 0. The summed E-state index contributed by atoms with van der Waals surface area (Å²) < 4.78 is 5.40. The van der Waals surface area contributed by atoms with E-state index < -0.39 is 0 Å². The van der Waals surface area contributed by atoms with Crippen molar-refractivity contribution in [3.63, 3.8) is 0 Å². The minimum Gasteiger partial charge on any atom is -0.493 e. The van der Waals surface area contributed by atoms with Crippen molar-refractivity contribution in [2.75, 3.05) is 26.2 Å². The van der Waals surface area contributed by atoms with Gasteiger partial charge >= 0.3 is 0 Å². The maximum Gasteiger partial charge on any atom is 0.251 e. The minimum absolute atomic E-state index is 0.0161. The number of hydrogen-bond acceptors (Lipinski definition) is 3. The fraction of sp³-hybridized carbons (Fsp3) is 0.462. The van der Waals surface area contributed by atoms with E-state index in [-0.39, 0.29) is 5.91 Å². The van der Waals surface area contributed by atoms with Gasteiger partial charge in [0.15, 0.2) is 0 Å². The molecule has 2 rings (SSSR count). The molecule has 0 aliphatic carbocycles. The van der Waals surface area contributed by atoms with E-state index in [2.05, 4.69) is 10.6 Å². The highest BCUT2D eigenvalue weighted by atomic mass is 16.5. The number of nitrogens with one attached hydrogen (secondary N) is 2. The van der Waals surface area contributed by atoms with E-state index in [0.717, 1.165) is 37.4 Å². The molecule has 0 bridgehead atoms. The van der Waals surface area contributed by atoms with Crippen molar-refractivity contribution in [2.24, 2.45) is 0 Å². The van der Waals surface area contributed by atoms with Gasteiger partial charge in [-0.2, -0.15) is 0 Å². The normalized spacial score (nSPS) is 13.0. The molecule has 0 fully saturated rings. The number of rotatable bonds is 5. The van der Waals surface area contributed by atoms with Crippen LogP contribution in [0.15, 0.2) is 18.2 Å². The number of benzene rings is 1.